The summed E-state index contributed by atoms with van der Waals surface area (Å²) < 4.78 is 5.96. The minimum atomic E-state index is 0.0302. The molecule has 122 valence electrons. The second-order valence-electron chi connectivity index (χ2n) is 5.31. The van der Waals surface area contributed by atoms with Gasteiger partial charge in [-0.25, -0.2) is 0 Å². The average molecular weight is 367 g/mol. The first-order valence-electron chi connectivity index (χ1n) is 7.44. The van der Waals surface area contributed by atoms with Crippen LogP contribution < -0.4 is 9.64 Å². The highest BCUT2D eigenvalue weighted by atomic mass is 32.2. The summed E-state index contributed by atoms with van der Waals surface area (Å²) in [5, 5.41) is 0.949. The lowest BCUT2D eigenvalue weighted by atomic mass is 10.3. The maximum atomic E-state index is 12.7. The summed E-state index contributed by atoms with van der Waals surface area (Å²) in [6.07, 6.45) is 2.01. The van der Waals surface area contributed by atoms with E-state index in [2.05, 4.69) is 11.8 Å². The zero-order chi connectivity index (χ0) is 16.6. The van der Waals surface area contributed by atoms with Crippen LogP contribution >= 0.6 is 35.7 Å². The van der Waals surface area contributed by atoms with Crippen LogP contribution in [0, 0.1) is 0 Å². The van der Waals surface area contributed by atoms with Crippen molar-refractivity contribution in [3.05, 3.63) is 28.1 Å². The monoisotopic (exact) mass is 366 g/mol. The fraction of sp³-hybridized carbons (Fsp3) is 0.375. The van der Waals surface area contributed by atoms with Crippen molar-refractivity contribution in [3.8, 4) is 5.75 Å². The van der Waals surface area contributed by atoms with Gasteiger partial charge in [0, 0.05) is 24.6 Å². The molecule has 0 saturated carbocycles. The van der Waals surface area contributed by atoms with Gasteiger partial charge in [-0.15, -0.1) is 0 Å². The van der Waals surface area contributed by atoms with Gasteiger partial charge in [-0.3, -0.25) is 9.69 Å². The molecule has 0 radical (unpaired) electrons. The normalized spacial score (nSPS) is 20.5. The molecular formula is C16H18N2O2S3. The Morgan fingerprint density at radius 1 is 1.30 bits per heavy atom. The number of unbranched alkanes of at least 4 members (excludes halogenated alkanes) is 1. The van der Waals surface area contributed by atoms with Crippen LogP contribution in [0.15, 0.2) is 33.0 Å². The molecular weight excluding hydrogens is 348 g/mol. The van der Waals surface area contributed by atoms with E-state index in [1.54, 1.807) is 23.8 Å². The number of nitrogens with zero attached hydrogens (tertiary/aromatic N) is 2. The Kier molecular flexibility index (Phi) is 4.89. The Morgan fingerprint density at radius 2 is 2.09 bits per heavy atom. The van der Waals surface area contributed by atoms with Gasteiger partial charge in [-0.05, 0) is 18.6 Å². The number of thiocarbonyl (C=S) groups is 1. The van der Waals surface area contributed by atoms with Gasteiger partial charge in [0.15, 0.2) is 0 Å². The molecule has 0 aromatic heterocycles. The molecule has 0 spiro atoms. The Bertz CT molecular complexity index is 703. The van der Waals surface area contributed by atoms with E-state index in [0.717, 1.165) is 39.1 Å². The molecule has 1 aromatic carbocycles. The lowest BCUT2D eigenvalue weighted by Crippen LogP contribution is -2.29. The maximum Gasteiger partial charge on any atom is 0.268 e. The number of benzene rings is 1. The molecule has 0 atom stereocenters. The summed E-state index contributed by atoms with van der Waals surface area (Å²) >= 11 is 8.42. The molecule has 4 nitrogen and oxygen atoms in total. The van der Waals surface area contributed by atoms with Gasteiger partial charge >= 0.3 is 0 Å². The van der Waals surface area contributed by atoms with Crippen LogP contribution in [0.3, 0.4) is 0 Å². The first-order valence-corrected chi connectivity index (χ1v) is 9.48. The highest BCUT2D eigenvalue weighted by Crippen LogP contribution is 2.50. The molecule has 23 heavy (non-hydrogen) atoms. The smallest absolute Gasteiger partial charge is 0.268 e. The zero-order valence-corrected chi connectivity index (χ0v) is 15.7. The molecule has 1 fully saturated rings. The molecule has 3 rings (SSSR count). The molecule has 1 saturated heterocycles. The van der Waals surface area contributed by atoms with Crippen molar-refractivity contribution in [2.75, 3.05) is 25.6 Å². The molecule has 7 heteroatoms. The zero-order valence-electron chi connectivity index (χ0n) is 13.3. The van der Waals surface area contributed by atoms with E-state index < -0.39 is 0 Å². The Balaban J connectivity index is 1.91. The predicted octanol–water partition coefficient (Wildman–Crippen LogP) is 4.07. The molecule has 2 aliphatic rings. The number of anilines is 1. The topological polar surface area (TPSA) is 32.8 Å². The van der Waals surface area contributed by atoms with Gasteiger partial charge in [0.25, 0.3) is 5.91 Å². The van der Waals surface area contributed by atoms with Gasteiger partial charge < -0.3 is 9.64 Å². The fourth-order valence-electron chi connectivity index (χ4n) is 2.49. The van der Waals surface area contributed by atoms with E-state index >= 15 is 0 Å². The van der Waals surface area contributed by atoms with Gasteiger partial charge in [-0.1, -0.05) is 49.1 Å². The Labute approximate surface area is 150 Å². The van der Waals surface area contributed by atoms with Crippen molar-refractivity contribution in [2.45, 2.75) is 24.7 Å². The van der Waals surface area contributed by atoms with Crippen molar-refractivity contribution in [1.82, 2.24) is 4.90 Å². The molecule has 0 N–H and O–H groups in total. The Hall–Kier alpha value is -1.18. The van der Waals surface area contributed by atoms with Crippen molar-refractivity contribution >= 4 is 51.7 Å². The number of carbonyl (C=O) groups excluding carboxylic acids is 1. The second-order valence-corrected chi connectivity index (χ2v) is 7.98. The molecule has 0 unspecified atom stereocenters. The van der Waals surface area contributed by atoms with Crippen LogP contribution in [0.1, 0.15) is 19.8 Å². The molecule has 2 heterocycles. The Morgan fingerprint density at radius 3 is 2.78 bits per heavy atom. The third-order valence-electron chi connectivity index (χ3n) is 3.82. The second kappa shape index (κ2) is 6.75. The van der Waals surface area contributed by atoms with Gasteiger partial charge in [0.05, 0.1) is 17.8 Å². The third kappa shape index (κ3) is 2.97. The lowest BCUT2D eigenvalue weighted by molar-refractivity contribution is -0.122. The summed E-state index contributed by atoms with van der Waals surface area (Å²) in [5.74, 6) is 0.843. The number of thioether (sulfide) groups is 2. The van der Waals surface area contributed by atoms with Crippen molar-refractivity contribution in [3.63, 3.8) is 0 Å². The summed E-state index contributed by atoms with van der Waals surface area (Å²) in [6, 6.07) is 5.96. The van der Waals surface area contributed by atoms with E-state index in [1.165, 1.54) is 11.8 Å². The SMILES string of the molecule is CCCCN1C(=O)C(=C2Sc3ccc(OC)cc3N2C)SC1=S. The van der Waals surface area contributed by atoms with Crippen molar-refractivity contribution < 1.29 is 9.53 Å². The first-order chi connectivity index (χ1) is 11.1. The molecule has 0 bridgehead atoms. The average Bonchev–Trinajstić information content (AvgIpc) is 3.02. The quantitative estimate of drug-likeness (QED) is 0.590. The number of carbonyl (C=O) groups is 1. The molecule has 1 amide bonds. The van der Waals surface area contributed by atoms with Crippen LogP contribution in [0.25, 0.3) is 0 Å². The maximum absolute atomic E-state index is 12.7. The highest BCUT2D eigenvalue weighted by molar-refractivity contribution is 8.27. The number of methoxy groups -OCH3 is 1. The number of ether oxygens (including phenoxy) is 1. The summed E-state index contributed by atoms with van der Waals surface area (Å²) in [5.41, 5.74) is 1.06. The van der Waals surface area contributed by atoms with Crippen LogP contribution in [0.2, 0.25) is 0 Å². The largest absolute Gasteiger partial charge is 0.497 e. The number of amides is 1. The number of hydrogen-bond acceptors (Lipinski definition) is 6. The summed E-state index contributed by atoms with van der Waals surface area (Å²) in [4.78, 5) is 18.4. The summed E-state index contributed by atoms with van der Waals surface area (Å²) in [7, 11) is 3.63. The van der Waals surface area contributed by atoms with E-state index in [1.807, 2.05) is 25.2 Å². The minimum absolute atomic E-state index is 0.0302. The van der Waals surface area contributed by atoms with Crippen LogP contribution in [0.5, 0.6) is 5.75 Å². The number of fused-ring (bicyclic) bond motifs is 1. The molecule has 0 aliphatic carbocycles. The van der Waals surface area contributed by atoms with Crippen LogP contribution in [-0.4, -0.2) is 35.8 Å². The lowest BCUT2D eigenvalue weighted by Gasteiger charge is -2.16. The van der Waals surface area contributed by atoms with Gasteiger partial charge in [0.2, 0.25) is 0 Å². The van der Waals surface area contributed by atoms with Gasteiger partial charge in [0.1, 0.15) is 15.0 Å². The minimum Gasteiger partial charge on any atom is -0.497 e. The van der Waals surface area contributed by atoms with E-state index in [9.17, 15) is 4.79 Å². The summed E-state index contributed by atoms with van der Waals surface area (Å²) in [6.45, 7) is 2.81. The number of hydrogen-bond donors (Lipinski definition) is 0. The van der Waals surface area contributed by atoms with E-state index in [-0.39, 0.29) is 5.91 Å². The fourth-order valence-corrected chi connectivity index (χ4v) is 5.10. The van der Waals surface area contributed by atoms with E-state index in [4.69, 9.17) is 17.0 Å². The van der Waals surface area contributed by atoms with E-state index in [0.29, 0.717) is 10.9 Å². The predicted molar refractivity (Wildman–Crippen MR) is 101 cm³/mol. The molecule has 1 aromatic rings. The first kappa shape index (κ1) is 16.7. The number of rotatable bonds is 4. The van der Waals surface area contributed by atoms with Crippen molar-refractivity contribution in [1.29, 1.82) is 0 Å². The van der Waals surface area contributed by atoms with Crippen molar-refractivity contribution in [2.24, 2.45) is 0 Å². The standard InChI is InChI=1S/C16H18N2O2S3/c1-4-5-8-18-14(19)13(23-16(18)21)15-17(2)11-9-10(20-3)6-7-12(11)22-15/h6-7,9H,4-5,8H2,1-3H3. The van der Waals surface area contributed by atoms with Gasteiger partial charge in [-0.2, -0.15) is 0 Å². The van der Waals surface area contributed by atoms with Crippen LogP contribution in [-0.2, 0) is 4.79 Å². The highest BCUT2D eigenvalue weighted by Gasteiger charge is 2.37. The van der Waals surface area contributed by atoms with Crippen LogP contribution in [0.4, 0.5) is 5.69 Å². The third-order valence-corrected chi connectivity index (χ3v) is 6.62. The molecule has 2 aliphatic heterocycles.